The second-order valence-electron chi connectivity index (χ2n) is 3.70. The van der Waals surface area contributed by atoms with Crippen molar-refractivity contribution in [3.63, 3.8) is 0 Å². The maximum absolute atomic E-state index is 11.5. The van der Waals surface area contributed by atoms with Gasteiger partial charge in [-0.2, -0.15) is 0 Å². The number of nitrogens with zero attached hydrogens (tertiary/aromatic N) is 2. The number of hydrogen-bond acceptors (Lipinski definition) is 4. The van der Waals surface area contributed by atoms with Gasteiger partial charge >= 0.3 is 0 Å². The van der Waals surface area contributed by atoms with Gasteiger partial charge < -0.3 is 0 Å². The molecule has 0 aliphatic carbocycles. The quantitative estimate of drug-likeness (QED) is 0.477. The van der Waals surface area contributed by atoms with E-state index in [-0.39, 0.29) is 21.7 Å². The molecule has 0 heterocycles. The molecule has 0 saturated carbocycles. The highest BCUT2D eigenvalue weighted by molar-refractivity contribution is 9.08. The van der Waals surface area contributed by atoms with Gasteiger partial charge in [-0.05, 0) is 6.07 Å². The number of carbonyl (C=O) groups is 2. The monoisotopic (exact) mass is 348 g/mol. The van der Waals surface area contributed by atoms with Crippen LogP contribution in [-0.4, -0.2) is 16.7 Å². The molecule has 1 rings (SSSR count). The SMILES string of the molecule is CC(=O)N(C(C)=O)c1cc(CBr)c([N+](=O)[O-])cc1Cl. The Bertz CT molecular complexity index is 548. The van der Waals surface area contributed by atoms with Crippen molar-refractivity contribution in [1.82, 2.24) is 0 Å². The molecule has 1 aromatic rings. The van der Waals surface area contributed by atoms with Gasteiger partial charge in [-0.3, -0.25) is 19.7 Å². The fraction of sp³-hybridized carbons (Fsp3) is 0.273. The summed E-state index contributed by atoms with van der Waals surface area (Å²) in [4.78, 5) is 34.1. The van der Waals surface area contributed by atoms with E-state index in [1.807, 2.05) is 0 Å². The number of carbonyl (C=O) groups excluding carboxylic acids is 2. The topological polar surface area (TPSA) is 80.5 Å². The summed E-state index contributed by atoms with van der Waals surface area (Å²) < 4.78 is 0. The number of nitro groups is 1. The van der Waals surface area contributed by atoms with E-state index < -0.39 is 16.7 Å². The van der Waals surface area contributed by atoms with E-state index >= 15 is 0 Å². The molecule has 0 saturated heterocycles. The number of benzene rings is 1. The second-order valence-corrected chi connectivity index (χ2v) is 4.66. The van der Waals surface area contributed by atoms with Crippen LogP contribution in [0.5, 0.6) is 0 Å². The maximum Gasteiger partial charge on any atom is 0.275 e. The molecular formula is C11H10BrClN2O4. The number of imide groups is 1. The van der Waals surface area contributed by atoms with Gasteiger partial charge in [0.25, 0.3) is 5.69 Å². The van der Waals surface area contributed by atoms with Crippen molar-refractivity contribution in [3.8, 4) is 0 Å². The number of rotatable bonds is 3. The fourth-order valence-electron chi connectivity index (χ4n) is 1.60. The van der Waals surface area contributed by atoms with Crippen LogP contribution < -0.4 is 4.90 Å². The third kappa shape index (κ3) is 3.30. The smallest absolute Gasteiger partial charge is 0.274 e. The van der Waals surface area contributed by atoms with Crippen molar-refractivity contribution in [1.29, 1.82) is 0 Å². The van der Waals surface area contributed by atoms with Crippen molar-refractivity contribution < 1.29 is 14.5 Å². The molecule has 0 spiro atoms. The first-order valence-corrected chi connectivity index (χ1v) is 6.63. The molecule has 0 radical (unpaired) electrons. The van der Waals surface area contributed by atoms with E-state index in [1.165, 1.54) is 19.9 Å². The van der Waals surface area contributed by atoms with Crippen molar-refractivity contribution in [2.45, 2.75) is 19.2 Å². The van der Waals surface area contributed by atoms with Gasteiger partial charge in [-0.15, -0.1) is 0 Å². The number of nitro benzene ring substituents is 1. The Morgan fingerprint density at radius 1 is 1.37 bits per heavy atom. The van der Waals surface area contributed by atoms with Crippen LogP contribution in [0.15, 0.2) is 12.1 Å². The van der Waals surface area contributed by atoms with Crippen LogP contribution >= 0.6 is 27.5 Å². The lowest BCUT2D eigenvalue weighted by Crippen LogP contribution is -2.33. The van der Waals surface area contributed by atoms with Gasteiger partial charge in [0.1, 0.15) is 0 Å². The van der Waals surface area contributed by atoms with Gasteiger partial charge in [0.05, 0.1) is 15.6 Å². The molecular weight excluding hydrogens is 339 g/mol. The highest BCUT2D eigenvalue weighted by Gasteiger charge is 2.24. The zero-order valence-corrected chi connectivity index (χ0v) is 12.5. The van der Waals surface area contributed by atoms with E-state index in [0.29, 0.717) is 5.56 Å². The zero-order valence-electron chi connectivity index (χ0n) is 10.1. The molecule has 0 aliphatic heterocycles. The molecule has 0 N–H and O–H groups in total. The summed E-state index contributed by atoms with van der Waals surface area (Å²) in [7, 11) is 0. The van der Waals surface area contributed by atoms with Crippen LogP contribution in [0.3, 0.4) is 0 Å². The van der Waals surface area contributed by atoms with Crippen LogP contribution in [0.1, 0.15) is 19.4 Å². The van der Waals surface area contributed by atoms with E-state index in [0.717, 1.165) is 11.0 Å². The number of alkyl halides is 1. The third-order valence-corrected chi connectivity index (χ3v) is 3.27. The highest BCUT2D eigenvalue weighted by Crippen LogP contribution is 2.34. The highest BCUT2D eigenvalue weighted by atomic mass is 79.9. The van der Waals surface area contributed by atoms with Gasteiger partial charge in [0.2, 0.25) is 11.8 Å². The standard InChI is InChI=1S/C11H10BrClN2O4/c1-6(16)14(7(2)17)11-3-8(5-12)10(15(18)19)4-9(11)13/h3-4H,5H2,1-2H3. The Kier molecular flexibility index (Phi) is 5.02. The van der Waals surface area contributed by atoms with Crippen LogP contribution in [0.2, 0.25) is 5.02 Å². The minimum Gasteiger partial charge on any atom is -0.274 e. The summed E-state index contributed by atoms with van der Waals surface area (Å²) in [5.41, 5.74) is 0.302. The Balaban J connectivity index is 3.49. The van der Waals surface area contributed by atoms with Crippen molar-refractivity contribution >= 4 is 50.7 Å². The predicted octanol–water partition coefficient (Wildman–Crippen LogP) is 3.04. The summed E-state index contributed by atoms with van der Waals surface area (Å²) in [6, 6.07) is 2.49. The van der Waals surface area contributed by atoms with Crippen molar-refractivity contribution in [3.05, 3.63) is 32.8 Å². The Morgan fingerprint density at radius 2 is 1.89 bits per heavy atom. The first kappa shape index (κ1) is 15.6. The first-order chi connectivity index (χ1) is 8.79. The molecule has 0 bridgehead atoms. The normalized spacial score (nSPS) is 10.1. The molecule has 102 valence electrons. The van der Waals surface area contributed by atoms with Gasteiger partial charge in [-0.1, -0.05) is 27.5 Å². The molecule has 0 fully saturated rings. The van der Waals surface area contributed by atoms with Crippen LogP contribution in [0.4, 0.5) is 11.4 Å². The second kappa shape index (κ2) is 6.12. The van der Waals surface area contributed by atoms with E-state index in [9.17, 15) is 19.7 Å². The molecule has 0 unspecified atom stereocenters. The maximum atomic E-state index is 11.5. The van der Waals surface area contributed by atoms with Crippen LogP contribution in [0.25, 0.3) is 0 Å². The van der Waals surface area contributed by atoms with Gasteiger partial charge in [0, 0.05) is 30.8 Å². The molecule has 19 heavy (non-hydrogen) atoms. The van der Waals surface area contributed by atoms with Crippen LogP contribution in [-0.2, 0) is 14.9 Å². The van der Waals surface area contributed by atoms with Gasteiger partial charge in [0.15, 0.2) is 0 Å². The number of anilines is 1. The zero-order chi connectivity index (χ0) is 14.7. The molecule has 1 aromatic carbocycles. The predicted molar refractivity (Wildman–Crippen MR) is 74.6 cm³/mol. The Morgan fingerprint density at radius 3 is 2.26 bits per heavy atom. The van der Waals surface area contributed by atoms with E-state index in [1.54, 1.807) is 0 Å². The average molecular weight is 350 g/mol. The number of amides is 2. The lowest BCUT2D eigenvalue weighted by Gasteiger charge is -2.19. The van der Waals surface area contributed by atoms with Gasteiger partial charge in [-0.25, -0.2) is 4.90 Å². The minimum absolute atomic E-state index is 0.0261. The van der Waals surface area contributed by atoms with Crippen molar-refractivity contribution in [2.24, 2.45) is 0 Å². The summed E-state index contributed by atoms with van der Waals surface area (Å²) in [6.07, 6.45) is 0. The fourth-order valence-corrected chi connectivity index (χ4v) is 2.30. The largest absolute Gasteiger partial charge is 0.275 e. The summed E-state index contributed by atoms with van der Waals surface area (Å²) in [5.74, 6) is -1.02. The molecule has 6 nitrogen and oxygen atoms in total. The summed E-state index contributed by atoms with van der Waals surface area (Å²) in [5, 5.41) is 11.0. The number of hydrogen-bond donors (Lipinski definition) is 0. The average Bonchev–Trinajstić information content (AvgIpc) is 2.29. The lowest BCUT2D eigenvalue weighted by atomic mass is 10.1. The Hall–Kier alpha value is -1.47. The molecule has 0 aromatic heterocycles. The molecule has 8 heteroatoms. The van der Waals surface area contributed by atoms with Crippen LogP contribution in [0, 0.1) is 10.1 Å². The minimum atomic E-state index is -0.571. The van der Waals surface area contributed by atoms with E-state index in [4.69, 9.17) is 11.6 Å². The Labute approximate surface area is 122 Å². The molecule has 0 aliphatic rings. The first-order valence-electron chi connectivity index (χ1n) is 5.13. The molecule has 0 atom stereocenters. The number of halogens is 2. The molecule has 2 amide bonds. The summed E-state index contributed by atoms with van der Waals surface area (Å²) in [6.45, 7) is 2.43. The van der Waals surface area contributed by atoms with E-state index in [2.05, 4.69) is 15.9 Å². The summed E-state index contributed by atoms with van der Waals surface area (Å²) >= 11 is 9.04. The third-order valence-electron chi connectivity index (χ3n) is 2.36. The lowest BCUT2D eigenvalue weighted by molar-refractivity contribution is -0.385. The van der Waals surface area contributed by atoms with Crippen molar-refractivity contribution in [2.75, 3.05) is 4.90 Å².